The van der Waals surface area contributed by atoms with Gasteiger partial charge in [-0.1, -0.05) is 20.8 Å². The Morgan fingerprint density at radius 2 is 1.79 bits per heavy atom. The first-order valence-corrected chi connectivity index (χ1v) is 16.2. The van der Waals surface area contributed by atoms with Crippen molar-refractivity contribution in [2.45, 2.75) is 64.1 Å². The molecule has 12 heteroatoms. The van der Waals surface area contributed by atoms with E-state index >= 15 is 0 Å². The second-order valence-electron chi connectivity index (χ2n) is 12.9. The third-order valence-electron chi connectivity index (χ3n) is 7.76. The lowest BCUT2D eigenvalue weighted by Crippen LogP contribution is -2.36. The standard InChI is InChI=1S/C30H42N8O3Si/c1-29(2,3)42-41-30(4,5)26-24(18-37(35-26)23-7-6-14-40-19-23)25-17-31-27(28-32-20-33-38(25)28)34-21-8-10-22(11-9-21)36-12-15-39-16-13-36/h8-11,17-18,20,23H,6-7,12-16,19,42H2,1-5H3,(H,31,34). The van der Waals surface area contributed by atoms with E-state index in [1.165, 1.54) is 5.69 Å². The Morgan fingerprint density at radius 1 is 1.00 bits per heavy atom. The normalized spacial score (nSPS) is 18.8. The summed E-state index contributed by atoms with van der Waals surface area (Å²) in [5.74, 6) is 0.639. The molecule has 1 N–H and O–H groups in total. The van der Waals surface area contributed by atoms with Crippen molar-refractivity contribution in [3.8, 4) is 11.3 Å². The van der Waals surface area contributed by atoms with Crippen LogP contribution in [-0.4, -0.2) is 78.6 Å². The van der Waals surface area contributed by atoms with Crippen LogP contribution in [0.5, 0.6) is 0 Å². The Labute approximate surface area is 249 Å². The number of rotatable bonds is 8. The highest BCUT2D eigenvalue weighted by Crippen LogP contribution is 2.37. The summed E-state index contributed by atoms with van der Waals surface area (Å²) in [6, 6.07) is 8.58. The van der Waals surface area contributed by atoms with E-state index in [0.717, 1.165) is 68.4 Å². The monoisotopic (exact) mass is 590 g/mol. The predicted octanol–water partition coefficient (Wildman–Crippen LogP) is 4.47. The van der Waals surface area contributed by atoms with E-state index in [1.807, 2.05) is 10.7 Å². The number of aromatic nitrogens is 6. The minimum atomic E-state index is -0.832. The number of hydrogen-bond acceptors (Lipinski definition) is 9. The van der Waals surface area contributed by atoms with Gasteiger partial charge in [0.05, 0.1) is 43.4 Å². The molecule has 1 aromatic carbocycles. The zero-order chi connectivity index (χ0) is 29.3. The van der Waals surface area contributed by atoms with Gasteiger partial charge >= 0.3 is 0 Å². The van der Waals surface area contributed by atoms with E-state index < -0.39 is 15.4 Å². The smallest absolute Gasteiger partial charge is 0.199 e. The molecule has 1 unspecified atom stereocenters. The molecule has 0 spiro atoms. The summed E-state index contributed by atoms with van der Waals surface area (Å²) in [6.45, 7) is 15.7. The maximum atomic E-state index is 6.64. The Morgan fingerprint density at radius 3 is 2.50 bits per heavy atom. The Balaban J connectivity index is 1.33. The molecule has 224 valence electrons. The first-order valence-electron chi connectivity index (χ1n) is 14.9. The second kappa shape index (κ2) is 11.7. The van der Waals surface area contributed by atoms with Gasteiger partial charge in [-0.15, -0.1) is 0 Å². The van der Waals surface area contributed by atoms with Crippen molar-refractivity contribution in [1.82, 2.24) is 29.4 Å². The van der Waals surface area contributed by atoms with Crippen LogP contribution in [0.3, 0.4) is 0 Å². The van der Waals surface area contributed by atoms with Crippen LogP contribution in [0.1, 0.15) is 59.2 Å². The van der Waals surface area contributed by atoms with E-state index in [2.05, 4.69) is 90.1 Å². The minimum absolute atomic E-state index is 0.158. The molecule has 2 aliphatic heterocycles. The summed E-state index contributed by atoms with van der Waals surface area (Å²) in [4.78, 5) is 11.8. The Kier molecular flexibility index (Phi) is 8.05. The van der Waals surface area contributed by atoms with Gasteiger partial charge in [-0.05, 0) is 56.0 Å². The average Bonchev–Trinajstić information content (AvgIpc) is 3.67. The van der Waals surface area contributed by atoms with Crippen LogP contribution in [0.15, 0.2) is 43.0 Å². The molecule has 0 radical (unpaired) electrons. The summed E-state index contributed by atoms with van der Waals surface area (Å²) >= 11 is 0. The topological polar surface area (TPSA) is 104 Å². The predicted molar refractivity (Wildman–Crippen MR) is 166 cm³/mol. The second-order valence-corrected chi connectivity index (χ2v) is 15.6. The van der Waals surface area contributed by atoms with E-state index in [0.29, 0.717) is 18.1 Å². The first-order chi connectivity index (χ1) is 20.2. The number of benzene rings is 1. The number of nitrogens with one attached hydrogen (secondary N) is 1. The fourth-order valence-corrected chi connectivity index (χ4v) is 6.34. The number of ether oxygens (including phenoxy) is 2. The molecule has 42 heavy (non-hydrogen) atoms. The van der Waals surface area contributed by atoms with E-state index in [-0.39, 0.29) is 11.1 Å². The molecule has 2 fully saturated rings. The number of hydrogen-bond donors (Lipinski definition) is 1. The van der Waals surface area contributed by atoms with Gasteiger partial charge < -0.3 is 24.1 Å². The number of nitrogens with zero attached hydrogens (tertiary/aromatic N) is 7. The molecule has 0 aliphatic carbocycles. The zero-order valence-electron chi connectivity index (χ0n) is 25.3. The summed E-state index contributed by atoms with van der Waals surface area (Å²) in [6.07, 6.45) is 7.58. The van der Waals surface area contributed by atoms with Gasteiger partial charge in [-0.2, -0.15) is 10.2 Å². The van der Waals surface area contributed by atoms with Gasteiger partial charge in [0.1, 0.15) is 12.0 Å². The van der Waals surface area contributed by atoms with Crippen LogP contribution in [-0.2, 0) is 19.5 Å². The molecule has 11 nitrogen and oxygen atoms in total. The number of fused-ring (bicyclic) bond motifs is 1. The highest BCUT2D eigenvalue weighted by Gasteiger charge is 2.33. The van der Waals surface area contributed by atoms with Gasteiger partial charge in [-0.25, -0.2) is 14.5 Å². The van der Waals surface area contributed by atoms with Crippen molar-refractivity contribution in [3.63, 3.8) is 0 Å². The van der Waals surface area contributed by atoms with E-state index in [9.17, 15) is 0 Å². The summed E-state index contributed by atoms with van der Waals surface area (Å²) in [5, 5.41) is 13.3. The third kappa shape index (κ3) is 6.21. The van der Waals surface area contributed by atoms with Gasteiger partial charge in [0, 0.05) is 42.8 Å². The van der Waals surface area contributed by atoms with E-state index in [4.69, 9.17) is 24.0 Å². The van der Waals surface area contributed by atoms with Crippen molar-refractivity contribution >= 4 is 32.6 Å². The molecular weight excluding hydrogens is 548 g/mol. The molecule has 2 aliphatic rings. The highest BCUT2D eigenvalue weighted by molar-refractivity contribution is 6.31. The number of morpholine rings is 1. The van der Waals surface area contributed by atoms with Crippen LogP contribution in [0.4, 0.5) is 17.2 Å². The maximum Gasteiger partial charge on any atom is 0.199 e. The van der Waals surface area contributed by atoms with Crippen molar-refractivity contribution in [2.75, 3.05) is 49.7 Å². The van der Waals surface area contributed by atoms with Gasteiger partial charge in [-0.3, -0.25) is 4.68 Å². The van der Waals surface area contributed by atoms with Crippen LogP contribution in [0.2, 0.25) is 5.04 Å². The summed E-state index contributed by atoms with van der Waals surface area (Å²) < 4.78 is 21.8. The van der Waals surface area contributed by atoms with E-state index in [1.54, 1.807) is 6.33 Å². The Hall–Kier alpha value is -3.32. The SMILES string of the molecule is CC(C)(C)[SiH2]OC(C)(C)c1nn(C2CCCOC2)cc1-c1cnc(Nc2ccc(N3CCOCC3)cc2)c2ncnn12. The van der Waals surface area contributed by atoms with Crippen molar-refractivity contribution in [3.05, 3.63) is 48.7 Å². The van der Waals surface area contributed by atoms with Crippen molar-refractivity contribution in [1.29, 1.82) is 0 Å². The summed E-state index contributed by atoms with van der Waals surface area (Å²) in [5.41, 5.74) is 4.83. The fraction of sp³-hybridized carbons (Fsp3) is 0.533. The van der Waals surface area contributed by atoms with Crippen LogP contribution < -0.4 is 10.2 Å². The maximum absolute atomic E-state index is 6.64. The molecule has 0 bridgehead atoms. The average molecular weight is 591 g/mol. The van der Waals surface area contributed by atoms with Gasteiger partial charge in [0.15, 0.2) is 21.2 Å². The molecule has 3 aromatic heterocycles. The quantitative estimate of drug-likeness (QED) is 0.298. The van der Waals surface area contributed by atoms with Crippen LogP contribution in [0.25, 0.3) is 16.9 Å². The van der Waals surface area contributed by atoms with Crippen molar-refractivity contribution in [2.24, 2.45) is 0 Å². The molecule has 2 saturated heterocycles. The lowest BCUT2D eigenvalue weighted by Gasteiger charge is -2.29. The minimum Gasteiger partial charge on any atom is -0.413 e. The lowest BCUT2D eigenvalue weighted by molar-refractivity contribution is 0.0531. The Bertz CT molecular complexity index is 1500. The molecule has 6 rings (SSSR count). The summed E-state index contributed by atoms with van der Waals surface area (Å²) in [7, 11) is -0.832. The third-order valence-corrected chi connectivity index (χ3v) is 9.50. The molecular formula is C30H42N8O3Si. The molecule has 5 heterocycles. The first kappa shape index (κ1) is 28.8. The largest absolute Gasteiger partial charge is 0.413 e. The van der Waals surface area contributed by atoms with Crippen LogP contribution in [0, 0.1) is 0 Å². The van der Waals surface area contributed by atoms with Gasteiger partial charge in [0.2, 0.25) is 0 Å². The molecule has 1 atom stereocenters. The zero-order valence-corrected chi connectivity index (χ0v) is 26.8. The molecule has 4 aromatic rings. The van der Waals surface area contributed by atoms with Crippen molar-refractivity contribution < 1.29 is 13.9 Å². The highest BCUT2D eigenvalue weighted by atomic mass is 28.2. The van der Waals surface area contributed by atoms with Crippen LogP contribution >= 0.6 is 0 Å². The van der Waals surface area contributed by atoms with Gasteiger partial charge in [0.25, 0.3) is 0 Å². The lowest BCUT2D eigenvalue weighted by atomic mass is 10.00. The molecule has 0 saturated carbocycles. The number of anilines is 3. The molecule has 0 amide bonds. The fourth-order valence-electron chi connectivity index (χ4n) is 5.41.